The fourth-order valence-corrected chi connectivity index (χ4v) is 1.67. The minimum atomic E-state index is -0.368. The van der Waals surface area contributed by atoms with E-state index in [1.165, 1.54) is 0 Å². The lowest BCUT2D eigenvalue weighted by molar-refractivity contribution is -0.118. The summed E-state index contributed by atoms with van der Waals surface area (Å²) in [7, 11) is 0. The van der Waals surface area contributed by atoms with Crippen molar-refractivity contribution >= 4 is 5.91 Å². The van der Waals surface area contributed by atoms with Crippen molar-refractivity contribution in [2.24, 2.45) is 5.73 Å². The van der Waals surface area contributed by atoms with Gasteiger partial charge in [0.2, 0.25) is 5.91 Å². The summed E-state index contributed by atoms with van der Waals surface area (Å²) in [5.74, 6) is 0.407. The molecule has 0 spiro atoms. The number of aryl methyl sites for hydroxylation is 1. The third-order valence-electron chi connectivity index (χ3n) is 2.43. The first-order valence-corrected chi connectivity index (χ1v) is 5.04. The molecular weight excluding hydrogens is 202 g/mol. The van der Waals surface area contributed by atoms with E-state index in [4.69, 9.17) is 5.73 Å². The maximum Gasteiger partial charge on any atom is 0.237 e. The van der Waals surface area contributed by atoms with Gasteiger partial charge in [0.15, 0.2) is 0 Å². The molecule has 2 rings (SSSR count). The van der Waals surface area contributed by atoms with Crippen molar-refractivity contribution in [3.05, 3.63) is 42.2 Å². The Labute approximate surface area is 93.7 Å². The van der Waals surface area contributed by atoms with Crippen LogP contribution in [0, 0.1) is 6.92 Å². The lowest BCUT2D eigenvalue weighted by Crippen LogP contribution is -2.18. The summed E-state index contributed by atoms with van der Waals surface area (Å²) in [5, 5.41) is 0. The molecule has 1 heterocycles. The molecule has 0 fully saturated rings. The number of imidazole rings is 1. The highest BCUT2D eigenvalue weighted by Gasteiger charge is 2.09. The first-order valence-electron chi connectivity index (χ1n) is 5.04. The van der Waals surface area contributed by atoms with Gasteiger partial charge in [0.25, 0.3) is 0 Å². The molecule has 2 N–H and O–H groups in total. The van der Waals surface area contributed by atoms with Gasteiger partial charge in [-0.1, -0.05) is 24.3 Å². The van der Waals surface area contributed by atoms with Gasteiger partial charge in [0, 0.05) is 18.0 Å². The predicted octanol–water partition coefficient (Wildman–Crippen LogP) is 1.34. The molecule has 16 heavy (non-hydrogen) atoms. The predicted molar refractivity (Wildman–Crippen MR) is 61.6 cm³/mol. The van der Waals surface area contributed by atoms with Gasteiger partial charge in [-0.15, -0.1) is 0 Å². The molecule has 0 bridgehead atoms. The molecule has 0 saturated heterocycles. The number of nitrogens with two attached hydrogens (primary N) is 1. The minimum absolute atomic E-state index is 0.156. The second kappa shape index (κ2) is 4.18. The summed E-state index contributed by atoms with van der Waals surface area (Å²) in [4.78, 5) is 15.2. The van der Waals surface area contributed by atoms with E-state index in [1.807, 2.05) is 31.2 Å². The number of benzene rings is 1. The van der Waals surface area contributed by atoms with Crippen molar-refractivity contribution in [1.29, 1.82) is 0 Å². The summed E-state index contributed by atoms with van der Waals surface area (Å²) in [6.45, 7) is 2.17. The van der Waals surface area contributed by atoms with Crippen molar-refractivity contribution in [2.45, 2.75) is 13.5 Å². The first kappa shape index (κ1) is 10.4. The quantitative estimate of drug-likeness (QED) is 0.840. The van der Waals surface area contributed by atoms with Crippen LogP contribution in [-0.2, 0) is 11.3 Å². The molecule has 0 aliphatic heterocycles. The Bertz CT molecular complexity index is 516. The van der Waals surface area contributed by atoms with Crippen molar-refractivity contribution < 1.29 is 4.79 Å². The SMILES string of the molecule is Cc1ccccc1-c1nccn1CC(N)=O. The van der Waals surface area contributed by atoms with Gasteiger partial charge in [0.05, 0.1) is 0 Å². The third-order valence-corrected chi connectivity index (χ3v) is 2.43. The summed E-state index contributed by atoms with van der Waals surface area (Å²) >= 11 is 0. The normalized spacial score (nSPS) is 10.3. The van der Waals surface area contributed by atoms with Crippen LogP contribution in [0.3, 0.4) is 0 Å². The molecule has 4 nitrogen and oxygen atoms in total. The van der Waals surface area contributed by atoms with Gasteiger partial charge in [-0.3, -0.25) is 4.79 Å². The molecule has 0 saturated carbocycles. The van der Waals surface area contributed by atoms with E-state index < -0.39 is 0 Å². The molecule has 0 aliphatic carbocycles. The molecule has 0 unspecified atom stereocenters. The Kier molecular flexibility index (Phi) is 2.72. The van der Waals surface area contributed by atoms with Gasteiger partial charge >= 0.3 is 0 Å². The average Bonchev–Trinajstić information content (AvgIpc) is 2.66. The summed E-state index contributed by atoms with van der Waals surface area (Å²) < 4.78 is 1.75. The van der Waals surface area contributed by atoms with Crippen LogP contribution in [-0.4, -0.2) is 15.5 Å². The monoisotopic (exact) mass is 215 g/mol. The summed E-state index contributed by atoms with van der Waals surface area (Å²) in [6, 6.07) is 7.92. The van der Waals surface area contributed by atoms with Gasteiger partial charge in [-0.05, 0) is 12.5 Å². The van der Waals surface area contributed by atoms with Crippen molar-refractivity contribution in [3.8, 4) is 11.4 Å². The largest absolute Gasteiger partial charge is 0.368 e. The zero-order valence-electron chi connectivity index (χ0n) is 9.05. The van der Waals surface area contributed by atoms with Crippen LogP contribution in [0.5, 0.6) is 0 Å². The molecule has 1 aromatic carbocycles. The van der Waals surface area contributed by atoms with E-state index >= 15 is 0 Å². The second-order valence-electron chi connectivity index (χ2n) is 3.66. The van der Waals surface area contributed by atoms with Crippen LogP contribution in [0.2, 0.25) is 0 Å². The van der Waals surface area contributed by atoms with E-state index in [2.05, 4.69) is 4.98 Å². The van der Waals surface area contributed by atoms with E-state index in [0.717, 1.165) is 17.0 Å². The Hall–Kier alpha value is -2.10. The van der Waals surface area contributed by atoms with Crippen LogP contribution in [0.4, 0.5) is 0 Å². The van der Waals surface area contributed by atoms with E-state index in [0.29, 0.717) is 0 Å². The highest BCUT2D eigenvalue weighted by atomic mass is 16.1. The lowest BCUT2D eigenvalue weighted by Gasteiger charge is -2.07. The molecule has 1 aromatic heterocycles. The maximum atomic E-state index is 10.9. The van der Waals surface area contributed by atoms with Crippen LogP contribution in [0.15, 0.2) is 36.7 Å². The molecule has 82 valence electrons. The number of nitrogens with zero attached hydrogens (tertiary/aromatic N) is 2. The standard InChI is InChI=1S/C12H13N3O/c1-9-4-2-3-5-10(9)12-14-6-7-15(12)8-11(13)16/h2-7H,8H2,1H3,(H2,13,16). The maximum absolute atomic E-state index is 10.9. The Balaban J connectivity index is 2.45. The molecule has 0 radical (unpaired) electrons. The summed E-state index contributed by atoms with van der Waals surface area (Å²) in [5.41, 5.74) is 7.33. The number of amides is 1. The Morgan fingerprint density at radius 2 is 2.19 bits per heavy atom. The number of hydrogen-bond donors (Lipinski definition) is 1. The molecule has 0 aliphatic rings. The molecule has 4 heteroatoms. The number of hydrogen-bond acceptors (Lipinski definition) is 2. The third kappa shape index (κ3) is 1.95. The Morgan fingerprint density at radius 1 is 1.44 bits per heavy atom. The van der Waals surface area contributed by atoms with Gasteiger partial charge < -0.3 is 10.3 Å². The van der Waals surface area contributed by atoms with Crippen molar-refractivity contribution in [3.63, 3.8) is 0 Å². The van der Waals surface area contributed by atoms with Crippen LogP contribution >= 0.6 is 0 Å². The van der Waals surface area contributed by atoms with Crippen molar-refractivity contribution in [1.82, 2.24) is 9.55 Å². The smallest absolute Gasteiger partial charge is 0.237 e. The zero-order chi connectivity index (χ0) is 11.5. The number of rotatable bonds is 3. The highest BCUT2D eigenvalue weighted by molar-refractivity contribution is 5.74. The lowest BCUT2D eigenvalue weighted by atomic mass is 10.1. The molecule has 1 amide bonds. The van der Waals surface area contributed by atoms with E-state index in [-0.39, 0.29) is 12.5 Å². The average molecular weight is 215 g/mol. The van der Waals surface area contributed by atoms with Gasteiger partial charge in [-0.2, -0.15) is 0 Å². The minimum Gasteiger partial charge on any atom is -0.368 e. The Morgan fingerprint density at radius 3 is 2.88 bits per heavy atom. The number of primary amides is 1. The van der Waals surface area contributed by atoms with E-state index in [9.17, 15) is 4.79 Å². The van der Waals surface area contributed by atoms with Crippen LogP contribution in [0.1, 0.15) is 5.56 Å². The summed E-state index contributed by atoms with van der Waals surface area (Å²) in [6.07, 6.45) is 3.43. The number of carbonyl (C=O) groups is 1. The van der Waals surface area contributed by atoms with Crippen LogP contribution in [0.25, 0.3) is 11.4 Å². The fourth-order valence-electron chi connectivity index (χ4n) is 1.67. The topological polar surface area (TPSA) is 60.9 Å². The zero-order valence-corrected chi connectivity index (χ0v) is 9.05. The van der Waals surface area contributed by atoms with Crippen molar-refractivity contribution in [2.75, 3.05) is 0 Å². The van der Waals surface area contributed by atoms with Gasteiger partial charge in [0.1, 0.15) is 12.4 Å². The second-order valence-corrected chi connectivity index (χ2v) is 3.66. The number of carbonyl (C=O) groups excluding carboxylic acids is 1. The first-order chi connectivity index (χ1) is 7.68. The number of aromatic nitrogens is 2. The van der Waals surface area contributed by atoms with E-state index in [1.54, 1.807) is 17.0 Å². The van der Waals surface area contributed by atoms with Crippen LogP contribution < -0.4 is 5.73 Å². The highest BCUT2D eigenvalue weighted by Crippen LogP contribution is 2.20. The van der Waals surface area contributed by atoms with Gasteiger partial charge in [-0.25, -0.2) is 4.98 Å². The molecule has 2 aromatic rings. The molecule has 0 atom stereocenters. The molecular formula is C12H13N3O. The fraction of sp³-hybridized carbons (Fsp3) is 0.167.